The molecule has 0 aliphatic carbocycles. The third-order valence-corrected chi connectivity index (χ3v) is 2.66. The van der Waals surface area contributed by atoms with Crippen LogP contribution in [0.15, 0.2) is 42.5 Å². The van der Waals surface area contributed by atoms with Gasteiger partial charge in [0.05, 0.1) is 11.3 Å². The SMILES string of the molecule is NC(=O)c1ccc(Nc2ccc(C(=O)O)cc2F)cc1. The summed E-state index contributed by atoms with van der Waals surface area (Å²) in [6, 6.07) is 9.73. The van der Waals surface area contributed by atoms with Crippen molar-refractivity contribution >= 4 is 23.3 Å². The summed E-state index contributed by atoms with van der Waals surface area (Å²) in [5.74, 6) is -2.42. The maximum Gasteiger partial charge on any atom is 0.335 e. The second kappa shape index (κ2) is 5.40. The van der Waals surface area contributed by atoms with Gasteiger partial charge in [-0.3, -0.25) is 4.79 Å². The van der Waals surface area contributed by atoms with Crippen molar-refractivity contribution in [1.29, 1.82) is 0 Å². The van der Waals surface area contributed by atoms with E-state index in [1.165, 1.54) is 24.3 Å². The topological polar surface area (TPSA) is 92.4 Å². The summed E-state index contributed by atoms with van der Waals surface area (Å²) >= 11 is 0. The first-order chi connectivity index (χ1) is 9.47. The van der Waals surface area contributed by atoms with E-state index in [1.807, 2.05) is 0 Å². The van der Waals surface area contributed by atoms with Crippen molar-refractivity contribution in [3.63, 3.8) is 0 Å². The van der Waals surface area contributed by atoms with E-state index in [0.717, 1.165) is 6.07 Å². The van der Waals surface area contributed by atoms with Crippen LogP contribution >= 0.6 is 0 Å². The first kappa shape index (κ1) is 13.5. The molecule has 0 atom stereocenters. The minimum Gasteiger partial charge on any atom is -0.478 e. The lowest BCUT2D eigenvalue weighted by atomic mass is 10.1. The van der Waals surface area contributed by atoms with Crippen LogP contribution in [0.2, 0.25) is 0 Å². The molecule has 20 heavy (non-hydrogen) atoms. The molecule has 0 heterocycles. The predicted octanol–water partition coefficient (Wildman–Crippen LogP) is 2.37. The van der Waals surface area contributed by atoms with Crippen molar-refractivity contribution in [3.8, 4) is 0 Å². The zero-order valence-electron chi connectivity index (χ0n) is 10.3. The van der Waals surface area contributed by atoms with E-state index in [0.29, 0.717) is 11.3 Å². The third-order valence-electron chi connectivity index (χ3n) is 2.66. The lowest BCUT2D eigenvalue weighted by molar-refractivity contribution is 0.0696. The van der Waals surface area contributed by atoms with Crippen LogP contribution in [-0.4, -0.2) is 17.0 Å². The van der Waals surface area contributed by atoms with Crippen molar-refractivity contribution in [3.05, 3.63) is 59.4 Å². The van der Waals surface area contributed by atoms with Gasteiger partial charge in [-0.1, -0.05) is 0 Å². The van der Waals surface area contributed by atoms with Crippen LogP contribution in [0.25, 0.3) is 0 Å². The molecule has 0 aliphatic heterocycles. The highest BCUT2D eigenvalue weighted by molar-refractivity contribution is 5.93. The number of benzene rings is 2. The molecule has 2 rings (SSSR count). The Morgan fingerprint density at radius 3 is 2.15 bits per heavy atom. The Balaban J connectivity index is 2.21. The van der Waals surface area contributed by atoms with E-state index in [4.69, 9.17) is 10.8 Å². The molecule has 0 saturated heterocycles. The zero-order chi connectivity index (χ0) is 14.7. The lowest BCUT2D eigenvalue weighted by Gasteiger charge is -2.08. The molecule has 1 amide bonds. The Morgan fingerprint density at radius 1 is 1.05 bits per heavy atom. The van der Waals surface area contributed by atoms with Gasteiger partial charge in [0.25, 0.3) is 0 Å². The van der Waals surface area contributed by atoms with Gasteiger partial charge in [0, 0.05) is 11.3 Å². The van der Waals surface area contributed by atoms with Crippen LogP contribution in [0.4, 0.5) is 15.8 Å². The van der Waals surface area contributed by atoms with Gasteiger partial charge in [0.15, 0.2) is 0 Å². The molecule has 0 saturated carbocycles. The van der Waals surface area contributed by atoms with Gasteiger partial charge in [-0.05, 0) is 42.5 Å². The van der Waals surface area contributed by atoms with Crippen molar-refractivity contribution < 1.29 is 19.1 Å². The quantitative estimate of drug-likeness (QED) is 0.798. The molecule has 0 spiro atoms. The fourth-order valence-corrected chi connectivity index (χ4v) is 1.62. The molecule has 102 valence electrons. The van der Waals surface area contributed by atoms with Gasteiger partial charge < -0.3 is 16.2 Å². The summed E-state index contributed by atoms with van der Waals surface area (Å²) < 4.78 is 13.7. The van der Waals surface area contributed by atoms with Gasteiger partial charge in [0.1, 0.15) is 5.82 Å². The molecule has 6 heteroatoms. The van der Waals surface area contributed by atoms with Crippen molar-refractivity contribution in [2.45, 2.75) is 0 Å². The average Bonchev–Trinajstić information content (AvgIpc) is 2.41. The Morgan fingerprint density at radius 2 is 1.65 bits per heavy atom. The molecule has 2 aromatic rings. The van der Waals surface area contributed by atoms with E-state index in [1.54, 1.807) is 12.1 Å². The molecular weight excluding hydrogens is 263 g/mol. The summed E-state index contributed by atoms with van der Waals surface area (Å²) in [7, 11) is 0. The van der Waals surface area contributed by atoms with E-state index in [2.05, 4.69) is 5.32 Å². The zero-order valence-corrected chi connectivity index (χ0v) is 10.3. The first-order valence-electron chi connectivity index (χ1n) is 5.67. The van der Waals surface area contributed by atoms with E-state index in [9.17, 15) is 14.0 Å². The average molecular weight is 274 g/mol. The van der Waals surface area contributed by atoms with Gasteiger partial charge in [-0.2, -0.15) is 0 Å². The fraction of sp³-hybridized carbons (Fsp3) is 0. The minimum atomic E-state index is -1.19. The number of nitrogens with two attached hydrogens (primary N) is 1. The number of hydrogen-bond donors (Lipinski definition) is 3. The molecular formula is C14H11FN2O3. The molecule has 0 radical (unpaired) electrons. The molecule has 0 fully saturated rings. The lowest BCUT2D eigenvalue weighted by Crippen LogP contribution is -2.10. The number of nitrogens with one attached hydrogen (secondary N) is 1. The number of hydrogen-bond acceptors (Lipinski definition) is 3. The number of amides is 1. The Bertz CT molecular complexity index is 669. The molecule has 0 aliphatic rings. The normalized spacial score (nSPS) is 10.1. The summed E-state index contributed by atoms with van der Waals surface area (Å²) in [6.45, 7) is 0. The van der Waals surface area contributed by atoms with Gasteiger partial charge in [-0.25, -0.2) is 9.18 Å². The first-order valence-corrected chi connectivity index (χ1v) is 5.67. The van der Waals surface area contributed by atoms with Crippen LogP contribution in [-0.2, 0) is 0 Å². The number of rotatable bonds is 4. The Hall–Kier alpha value is -2.89. The largest absolute Gasteiger partial charge is 0.478 e. The highest BCUT2D eigenvalue weighted by Gasteiger charge is 2.08. The second-order valence-electron chi connectivity index (χ2n) is 4.07. The standard InChI is InChI=1S/C14H11FN2O3/c15-11-7-9(14(19)20)3-6-12(11)17-10-4-1-8(2-5-10)13(16)18/h1-7,17H,(H2,16,18)(H,19,20). The van der Waals surface area contributed by atoms with Crippen molar-refractivity contribution in [2.24, 2.45) is 5.73 Å². The van der Waals surface area contributed by atoms with Crippen LogP contribution in [0, 0.1) is 5.82 Å². The molecule has 0 bridgehead atoms. The van der Waals surface area contributed by atoms with Crippen LogP contribution in [0.3, 0.4) is 0 Å². The fourth-order valence-electron chi connectivity index (χ4n) is 1.62. The van der Waals surface area contributed by atoms with E-state index >= 15 is 0 Å². The minimum absolute atomic E-state index is 0.128. The monoisotopic (exact) mass is 274 g/mol. The van der Waals surface area contributed by atoms with Crippen molar-refractivity contribution in [2.75, 3.05) is 5.32 Å². The predicted molar refractivity (Wildman–Crippen MR) is 71.6 cm³/mol. The van der Waals surface area contributed by atoms with E-state index in [-0.39, 0.29) is 11.3 Å². The number of carboxylic acids is 1. The molecule has 2 aromatic carbocycles. The maximum atomic E-state index is 13.7. The number of halogens is 1. The van der Waals surface area contributed by atoms with Crippen LogP contribution < -0.4 is 11.1 Å². The molecule has 0 aromatic heterocycles. The second-order valence-corrected chi connectivity index (χ2v) is 4.07. The number of anilines is 2. The number of primary amides is 1. The molecule has 0 unspecified atom stereocenters. The molecule has 4 N–H and O–H groups in total. The summed E-state index contributed by atoms with van der Waals surface area (Å²) in [4.78, 5) is 21.6. The van der Waals surface area contributed by atoms with Crippen LogP contribution in [0.5, 0.6) is 0 Å². The van der Waals surface area contributed by atoms with Crippen LogP contribution in [0.1, 0.15) is 20.7 Å². The molecule has 5 nitrogen and oxygen atoms in total. The highest BCUT2D eigenvalue weighted by Crippen LogP contribution is 2.21. The van der Waals surface area contributed by atoms with Gasteiger partial charge in [-0.15, -0.1) is 0 Å². The Kier molecular flexibility index (Phi) is 3.65. The summed E-state index contributed by atoms with van der Waals surface area (Å²) in [6.07, 6.45) is 0. The number of carbonyl (C=O) groups excluding carboxylic acids is 1. The van der Waals surface area contributed by atoms with Gasteiger partial charge >= 0.3 is 5.97 Å². The summed E-state index contributed by atoms with van der Waals surface area (Å²) in [5.41, 5.74) is 6.02. The number of aromatic carboxylic acids is 1. The van der Waals surface area contributed by atoms with Gasteiger partial charge in [0.2, 0.25) is 5.91 Å². The summed E-state index contributed by atoms with van der Waals surface area (Å²) in [5, 5.41) is 11.5. The smallest absolute Gasteiger partial charge is 0.335 e. The van der Waals surface area contributed by atoms with E-state index < -0.39 is 17.7 Å². The number of carbonyl (C=O) groups is 2. The Labute approximate surface area is 113 Å². The third kappa shape index (κ3) is 2.92. The number of carboxylic acid groups (broad SMARTS) is 1. The van der Waals surface area contributed by atoms with Crippen molar-refractivity contribution in [1.82, 2.24) is 0 Å². The maximum absolute atomic E-state index is 13.7. The highest BCUT2D eigenvalue weighted by atomic mass is 19.1.